The van der Waals surface area contributed by atoms with Crippen LogP contribution in [0.15, 0.2) is 11.4 Å². The fraction of sp³-hybridized carbons (Fsp3) is 0.556. The number of nitrogens with zero attached hydrogens (tertiary/aromatic N) is 3. The average Bonchev–Trinajstić information content (AvgIpc) is 2.15. The van der Waals surface area contributed by atoms with Gasteiger partial charge < -0.3 is 4.90 Å². The maximum absolute atomic E-state index is 11.5. The lowest BCUT2D eigenvalue weighted by Gasteiger charge is -2.24. The second kappa shape index (κ2) is 3.53. The van der Waals surface area contributed by atoms with Gasteiger partial charge in [0.05, 0.1) is 5.69 Å². The smallest absolute Gasteiger partial charge is 0.193 e. The lowest BCUT2D eigenvalue weighted by atomic mass is 10.1. The highest BCUT2D eigenvalue weighted by Crippen LogP contribution is 2.21. The van der Waals surface area contributed by atoms with E-state index in [0.29, 0.717) is 6.54 Å². The van der Waals surface area contributed by atoms with Crippen molar-refractivity contribution in [1.82, 2.24) is 14.9 Å². The number of hydrogen-bond donors (Lipinski definition) is 0. The van der Waals surface area contributed by atoms with Crippen molar-refractivity contribution in [2.24, 2.45) is 0 Å². The molecule has 0 aromatic carbocycles. The molecule has 0 aliphatic carbocycles. The minimum Gasteiger partial charge on any atom is -0.302 e. The third-order valence-electron chi connectivity index (χ3n) is 2.50. The van der Waals surface area contributed by atoms with Crippen LogP contribution in [-0.2, 0) is 22.8 Å². The van der Waals surface area contributed by atoms with Crippen molar-refractivity contribution < 1.29 is 8.42 Å². The summed E-state index contributed by atoms with van der Waals surface area (Å²) < 4.78 is 23.0. The molecular formula is C9H13N3O2S. The van der Waals surface area contributed by atoms with E-state index in [0.717, 1.165) is 24.2 Å². The molecule has 0 bridgehead atoms. The number of aromatic nitrogens is 2. The van der Waals surface area contributed by atoms with Gasteiger partial charge in [0.25, 0.3) is 0 Å². The molecule has 0 atom stereocenters. The fourth-order valence-electron chi connectivity index (χ4n) is 1.77. The molecule has 1 aromatic heterocycles. The highest BCUT2D eigenvalue weighted by molar-refractivity contribution is 7.90. The van der Waals surface area contributed by atoms with Gasteiger partial charge >= 0.3 is 0 Å². The normalized spacial score (nSPS) is 17.5. The van der Waals surface area contributed by atoms with Gasteiger partial charge in [-0.05, 0) is 7.05 Å². The molecule has 0 radical (unpaired) electrons. The van der Waals surface area contributed by atoms with E-state index in [9.17, 15) is 8.42 Å². The lowest BCUT2D eigenvalue weighted by molar-refractivity contribution is 0.304. The minimum atomic E-state index is -3.25. The van der Waals surface area contributed by atoms with Crippen LogP contribution in [-0.4, -0.2) is 43.1 Å². The molecule has 0 fully saturated rings. The summed E-state index contributed by atoms with van der Waals surface area (Å²) in [5.74, 6) is 0. The van der Waals surface area contributed by atoms with Crippen LogP contribution >= 0.6 is 0 Å². The summed E-state index contributed by atoms with van der Waals surface area (Å²) in [4.78, 5) is 10.1. The molecule has 2 rings (SSSR count). The Kier molecular flexibility index (Phi) is 2.47. The van der Waals surface area contributed by atoms with Crippen molar-refractivity contribution in [3.8, 4) is 0 Å². The van der Waals surface area contributed by atoms with E-state index in [-0.39, 0.29) is 5.03 Å². The predicted octanol–water partition coefficient (Wildman–Crippen LogP) is -0.132. The first-order valence-corrected chi connectivity index (χ1v) is 6.59. The summed E-state index contributed by atoms with van der Waals surface area (Å²) in [7, 11) is -1.29. The van der Waals surface area contributed by atoms with Crippen LogP contribution in [0, 0.1) is 0 Å². The van der Waals surface area contributed by atoms with Crippen molar-refractivity contribution in [3.63, 3.8) is 0 Å². The second-order valence-corrected chi connectivity index (χ2v) is 5.80. The van der Waals surface area contributed by atoms with E-state index >= 15 is 0 Å². The van der Waals surface area contributed by atoms with Crippen LogP contribution in [0.25, 0.3) is 0 Å². The Labute approximate surface area is 89.1 Å². The summed E-state index contributed by atoms with van der Waals surface area (Å²) in [5, 5.41) is 0.180. The van der Waals surface area contributed by atoms with E-state index in [1.54, 1.807) is 0 Å². The maximum Gasteiger partial charge on any atom is 0.193 e. The van der Waals surface area contributed by atoms with Crippen LogP contribution in [0.1, 0.15) is 11.3 Å². The SMILES string of the molecule is CN1CCc2ncnc(S(C)(=O)=O)c2C1. The molecule has 0 N–H and O–H groups in total. The Bertz CT molecular complexity index is 484. The quantitative estimate of drug-likeness (QED) is 0.625. The molecule has 1 aliphatic heterocycles. The van der Waals surface area contributed by atoms with Gasteiger partial charge in [-0.25, -0.2) is 18.4 Å². The van der Waals surface area contributed by atoms with E-state index in [1.807, 2.05) is 7.05 Å². The Morgan fingerprint density at radius 2 is 2.13 bits per heavy atom. The van der Waals surface area contributed by atoms with Gasteiger partial charge in [0, 0.05) is 31.3 Å². The van der Waals surface area contributed by atoms with Crippen LogP contribution in [0.4, 0.5) is 0 Å². The summed E-state index contributed by atoms with van der Waals surface area (Å²) >= 11 is 0. The zero-order chi connectivity index (χ0) is 11.1. The van der Waals surface area contributed by atoms with Gasteiger partial charge in [0.2, 0.25) is 0 Å². The topological polar surface area (TPSA) is 63.2 Å². The summed E-state index contributed by atoms with van der Waals surface area (Å²) in [6.07, 6.45) is 3.31. The number of fused-ring (bicyclic) bond motifs is 1. The average molecular weight is 227 g/mol. The Morgan fingerprint density at radius 1 is 1.40 bits per heavy atom. The molecule has 1 aliphatic rings. The third kappa shape index (κ3) is 2.00. The molecule has 0 unspecified atom stereocenters. The molecule has 6 heteroatoms. The fourth-order valence-corrected chi connectivity index (χ4v) is 2.64. The van der Waals surface area contributed by atoms with Crippen LogP contribution in [0.5, 0.6) is 0 Å². The monoisotopic (exact) mass is 227 g/mol. The number of hydrogen-bond acceptors (Lipinski definition) is 5. The van der Waals surface area contributed by atoms with Crippen molar-refractivity contribution in [2.75, 3.05) is 19.8 Å². The Balaban J connectivity index is 2.59. The Hall–Kier alpha value is -1.01. The summed E-state index contributed by atoms with van der Waals surface area (Å²) in [5.41, 5.74) is 1.62. The highest BCUT2D eigenvalue weighted by Gasteiger charge is 2.23. The number of rotatable bonds is 1. The van der Waals surface area contributed by atoms with Gasteiger partial charge in [0.15, 0.2) is 14.9 Å². The first-order chi connectivity index (χ1) is 6.98. The number of likely N-dealkylation sites (N-methyl/N-ethyl adjacent to an activating group) is 1. The van der Waals surface area contributed by atoms with Gasteiger partial charge in [-0.3, -0.25) is 0 Å². The van der Waals surface area contributed by atoms with Crippen molar-refractivity contribution in [1.29, 1.82) is 0 Å². The largest absolute Gasteiger partial charge is 0.302 e. The lowest BCUT2D eigenvalue weighted by Crippen LogP contribution is -2.29. The second-order valence-electron chi connectivity index (χ2n) is 3.86. The van der Waals surface area contributed by atoms with Gasteiger partial charge in [-0.1, -0.05) is 0 Å². The summed E-state index contributed by atoms with van der Waals surface area (Å²) in [6, 6.07) is 0. The molecule has 5 nitrogen and oxygen atoms in total. The molecule has 0 saturated heterocycles. The summed E-state index contributed by atoms with van der Waals surface area (Å²) in [6.45, 7) is 1.52. The molecule has 1 aromatic rings. The van der Waals surface area contributed by atoms with E-state index in [1.165, 1.54) is 12.6 Å². The minimum absolute atomic E-state index is 0.180. The number of sulfone groups is 1. The van der Waals surface area contributed by atoms with Gasteiger partial charge in [-0.2, -0.15) is 0 Å². The first kappa shape index (κ1) is 10.5. The Morgan fingerprint density at radius 3 is 2.80 bits per heavy atom. The maximum atomic E-state index is 11.5. The van der Waals surface area contributed by atoms with E-state index in [2.05, 4.69) is 14.9 Å². The zero-order valence-corrected chi connectivity index (χ0v) is 9.58. The van der Waals surface area contributed by atoms with Crippen molar-refractivity contribution >= 4 is 9.84 Å². The first-order valence-electron chi connectivity index (χ1n) is 4.70. The van der Waals surface area contributed by atoms with E-state index < -0.39 is 9.84 Å². The highest BCUT2D eigenvalue weighted by atomic mass is 32.2. The molecule has 0 spiro atoms. The third-order valence-corrected chi connectivity index (χ3v) is 3.56. The van der Waals surface area contributed by atoms with E-state index in [4.69, 9.17) is 0 Å². The molecule has 82 valence electrons. The van der Waals surface area contributed by atoms with Crippen LogP contribution < -0.4 is 0 Å². The van der Waals surface area contributed by atoms with Crippen molar-refractivity contribution in [2.45, 2.75) is 18.0 Å². The molecule has 2 heterocycles. The zero-order valence-electron chi connectivity index (χ0n) is 8.77. The van der Waals surface area contributed by atoms with Crippen LogP contribution in [0.3, 0.4) is 0 Å². The van der Waals surface area contributed by atoms with Gasteiger partial charge in [-0.15, -0.1) is 0 Å². The molecule has 0 saturated carbocycles. The molecule has 0 amide bonds. The van der Waals surface area contributed by atoms with Crippen LogP contribution in [0.2, 0.25) is 0 Å². The molecule has 15 heavy (non-hydrogen) atoms. The molecular weight excluding hydrogens is 214 g/mol. The van der Waals surface area contributed by atoms with Crippen molar-refractivity contribution in [3.05, 3.63) is 17.6 Å². The predicted molar refractivity (Wildman–Crippen MR) is 55.2 cm³/mol. The van der Waals surface area contributed by atoms with Gasteiger partial charge in [0.1, 0.15) is 6.33 Å². The standard InChI is InChI=1S/C9H13N3O2S/c1-12-4-3-8-7(5-12)9(11-6-10-8)15(2,13)14/h6H,3-5H2,1-2H3.